The van der Waals surface area contributed by atoms with Crippen LogP contribution in [-0.2, 0) is 15.1 Å². The van der Waals surface area contributed by atoms with Crippen LogP contribution in [0.5, 0.6) is 0 Å². The molecular weight excluding hydrogens is 454 g/mol. The molecule has 2 aromatic heterocycles. The summed E-state index contributed by atoms with van der Waals surface area (Å²) in [6.45, 7) is 11.5. The monoisotopic (exact) mass is 491 g/mol. The summed E-state index contributed by atoms with van der Waals surface area (Å²) in [6.07, 6.45) is 4.71. The van der Waals surface area contributed by atoms with Gasteiger partial charge in [0.1, 0.15) is 5.60 Å². The van der Waals surface area contributed by atoms with Crippen LogP contribution in [0.3, 0.4) is 0 Å². The van der Waals surface area contributed by atoms with E-state index in [4.69, 9.17) is 9.47 Å². The van der Waals surface area contributed by atoms with Gasteiger partial charge >= 0.3 is 6.09 Å². The van der Waals surface area contributed by atoms with Crippen LogP contribution >= 0.6 is 0 Å². The fourth-order valence-electron chi connectivity index (χ4n) is 5.51. The first-order valence-electron chi connectivity index (χ1n) is 13.0. The first-order valence-corrected chi connectivity index (χ1v) is 13.0. The number of rotatable bonds is 6. The first-order chi connectivity index (χ1) is 17.4. The van der Waals surface area contributed by atoms with E-state index in [0.29, 0.717) is 25.7 Å². The molecule has 4 heterocycles. The van der Waals surface area contributed by atoms with Crippen molar-refractivity contribution in [1.29, 1.82) is 0 Å². The molecule has 0 aliphatic carbocycles. The van der Waals surface area contributed by atoms with Crippen LogP contribution in [0.25, 0.3) is 16.6 Å². The topological polar surface area (TPSA) is 62.6 Å². The van der Waals surface area contributed by atoms with Gasteiger partial charge in [0.15, 0.2) is 0 Å². The Balaban J connectivity index is 1.35. The van der Waals surface area contributed by atoms with E-state index in [1.165, 1.54) is 5.56 Å². The van der Waals surface area contributed by atoms with Crippen LogP contribution in [0.15, 0.2) is 48.8 Å². The number of amides is 1. The second kappa shape index (κ2) is 10.1. The quantitative estimate of drug-likeness (QED) is 0.514. The van der Waals surface area contributed by atoms with Gasteiger partial charge in [-0.3, -0.25) is 4.90 Å². The number of piperazine rings is 1. The fourth-order valence-corrected chi connectivity index (χ4v) is 5.51. The maximum absolute atomic E-state index is 12.1. The largest absolute Gasteiger partial charge is 0.450 e. The molecule has 5 rings (SSSR count). The van der Waals surface area contributed by atoms with Crippen LogP contribution in [-0.4, -0.2) is 84.5 Å². The number of likely N-dealkylation sites (tertiary alicyclic amines) is 1. The molecular formula is C28H37N5O3. The number of fused-ring (bicyclic) bond motifs is 1. The van der Waals surface area contributed by atoms with Crippen molar-refractivity contribution < 1.29 is 14.3 Å². The molecule has 8 heteroatoms. The molecule has 2 aliphatic heterocycles. The van der Waals surface area contributed by atoms with Gasteiger partial charge in [-0.2, -0.15) is 5.10 Å². The summed E-state index contributed by atoms with van der Waals surface area (Å²) in [6, 6.07) is 13.6. The van der Waals surface area contributed by atoms with E-state index in [-0.39, 0.29) is 11.7 Å². The highest BCUT2D eigenvalue weighted by Crippen LogP contribution is 2.37. The van der Waals surface area contributed by atoms with Crippen LogP contribution in [0, 0.1) is 0 Å². The second-order valence-electron chi connectivity index (χ2n) is 10.0. The highest BCUT2D eigenvalue weighted by Gasteiger charge is 2.40. The number of carbonyl (C=O) groups excluding carboxylic acids is 1. The summed E-state index contributed by atoms with van der Waals surface area (Å²) in [7, 11) is 1.83. The summed E-state index contributed by atoms with van der Waals surface area (Å²) < 4.78 is 13.2. The SMILES string of the molecule is CCOC(=O)N1CCN(c2ccnn3cc(-c4ccc([C@]5(OC)CCN(C(C)C)C5)cc4)cc23)CC1. The summed E-state index contributed by atoms with van der Waals surface area (Å²) in [5, 5.41) is 4.56. The van der Waals surface area contributed by atoms with E-state index < -0.39 is 0 Å². The molecule has 2 saturated heterocycles. The number of carbonyl (C=O) groups is 1. The van der Waals surface area contributed by atoms with E-state index >= 15 is 0 Å². The van der Waals surface area contributed by atoms with Gasteiger partial charge in [-0.25, -0.2) is 9.31 Å². The molecule has 1 atom stereocenters. The molecule has 1 amide bonds. The predicted molar refractivity (Wildman–Crippen MR) is 141 cm³/mol. The average molecular weight is 492 g/mol. The maximum Gasteiger partial charge on any atom is 0.409 e. The minimum absolute atomic E-state index is 0.227. The zero-order valence-corrected chi connectivity index (χ0v) is 21.8. The molecule has 0 spiro atoms. The lowest BCUT2D eigenvalue weighted by molar-refractivity contribution is -0.00804. The van der Waals surface area contributed by atoms with Crippen molar-refractivity contribution in [2.45, 2.75) is 38.8 Å². The zero-order chi connectivity index (χ0) is 25.3. The van der Waals surface area contributed by atoms with E-state index in [1.54, 1.807) is 4.90 Å². The summed E-state index contributed by atoms with van der Waals surface area (Å²) >= 11 is 0. The Kier molecular flexibility index (Phi) is 6.90. The van der Waals surface area contributed by atoms with Crippen LogP contribution in [0.2, 0.25) is 0 Å². The number of anilines is 1. The lowest BCUT2D eigenvalue weighted by atomic mass is 9.91. The average Bonchev–Trinajstić information content (AvgIpc) is 3.55. The zero-order valence-electron chi connectivity index (χ0n) is 21.8. The summed E-state index contributed by atoms with van der Waals surface area (Å²) in [5.41, 5.74) is 5.49. The van der Waals surface area contributed by atoms with Gasteiger partial charge in [-0.05, 0) is 50.5 Å². The Bertz CT molecular complexity index is 1200. The number of hydrogen-bond acceptors (Lipinski definition) is 6. The molecule has 0 saturated carbocycles. The number of nitrogens with zero attached hydrogens (tertiary/aromatic N) is 5. The fraction of sp³-hybridized carbons (Fsp3) is 0.500. The third kappa shape index (κ3) is 4.55. The molecule has 0 bridgehead atoms. The summed E-state index contributed by atoms with van der Waals surface area (Å²) in [5.74, 6) is 0. The van der Waals surface area contributed by atoms with Crippen molar-refractivity contribution >= 4 is 17.3 Å². The smallest absolute Gasteiger partial charge is 0.409 e. The normalized spacial score (nSPS) is 21.0. The molecule has 0 unspecified atom stereocenters. The Morgan fingerprint density at radius 1 is 1.06 bits per heavy atom. The molecule has 0 N–H and O–H groups in total. The molecule has 36 heavy (non-hydrogen) atoms. The minimum atomic E-state index is -0.241. The van der Waals surface area contributed by atoms with Gasteiger partial charge in [-0.1, -0.05) is 24.3 Å². The molecule has 8 nitrogen and oxygen atoms in total. The minimum Gasteiger partial charge on any atom is -0.450 e. The van der Waals surface area contributed by atoms with Gasteiger partial charge in [0, 0.05) is 70.4 Å². The number of benzene rings is 1. The van der Waals surface area contributed by atoms with Crippen LogP contribution < -0.4 is 4.90 Å². The molecule has 192 valence electrons. The van der Waals surface area contributed by atoms with Crippen LogP contribution in [0.1, 0.15) is 32.8 Å². The second-order valence-corrected chi connectivity index (χ2v) is 10.0. The standard InChI is InChI=1S/C28H37N5O3/c1-5-36-27(34)31-16-14-30(15-17-31)25-10-12-29-33-19-23(18-26(25)33)22-6-8-24(9-7-22)28(35-4)11-13-32(20-28)21(2)3/h6-10,12,18-19,21H,5,11,13-17,20H2,1-4H3/t28-/m0/s1. The highest BCUT2D eigenvalue weighted by molar-refractivity contribution is 5.80. The van der Waals surface area contributed by atoms with Gasteiger partial charge in [0.2, 0.25) is 0 Å². The van der Waals surface area contributed by atoms with Gasteiger partial charge in [0.25, 0.3) is 0 Å². The van der Waals surface area contributed by atoms with E-state index in [2.05, 4.69) is 71.3 Å². The van der Waals surface area contributed by atoms with Crippen molar-refractivity contribution in [3.8, 4) is 11.1 Å². The number of aromatic nitrogens is 2. The third-order valence-electron chi connectivity index (χ3n) is 7.76. The molecule has 0 radical (unpaired) electrons. The predicted octanol–water partition coefficient (Wildman–Crippen LogP) is 4.24. The first kappa shape index (κ1) is 24.6. The van der Waals surface area contributed by atoms with Crippen molar-refractivity contribution in [1.82, 2.24) is 19.4 Å². The van der Waals surface area contributed by atoms with E-state index in [9.17, 15) is 4.79 Å². The van der Waals surface area contributed by atoms with Crippen molar-refractivity contribution in [2.75, 3.05) is 57.9 Å². The molecule has 2 aliphatic rings. The highest BCUT2D eigenvalue weighted by atomic mass is 16.6. The Morgan fingerprint density at radius 2 is 1.81 bits per heavy atom. The van der Waals surface area contributed by atoms with Gasteiger partial charge < -0.3 is 19.3 Å². The lowest BCUT2D eigenvalue weighted by Crippen LogP contribution is -2.49. The third-order valence-corrected chi connectivity index (χ3v) is 7.76. The van der Waals surface area contributed by atoms with Crippen molar-refractivity contribution in [2.24, 2.45) is 0 Å². The Labute approximate surface area is 213 Å². The maximum atomic E-state index is 12.1. The molecule has 2 fully saturated rings. The number of hydrogen-bond donors (Lipinski definition) is 0. The van der Waals surface area contributed by atoms with Crippen molar-refractivity contribution in [3.63, 3.8) is 0 Å². The van der Waals surface area contributed by atoms with Gasteiger partial charge in [-0.15, -0.1) is 0 Å². The summed E-state index contributed by atoms with van der Waals surface area (Å²) in [4.78, 5) is 18.7. The lowest BCUT2D eigenvalue weighted by Gasteiger charge is -2.35. The van der Waals surface area contributed by atoms with E-state index in [0.717, 1.165) is 54.9 Å². The van der Waals surface area contributed by atoms with Crippen LogP contribution in [0.4, 0.5) is 10.5 Å². The molecule has 3 aromatic rings. The Morgan fingerprint density at radius 3 is 2.44 bits per heavy atom. The Hall–Kier alpha value is -3.10. The number of methoxy groups -OCH3 is 1. The van der Waals surface area contributed by atoms with E-state index in [1.807, 2.05) is 24.7 Å². The van der Waals surface area contributed by atoms with Gasteiger partial charge in [0.05, 0.1) is 17.8 Å². The molecule has 1 aromatic carbocycles. The number of ether oxygens (including phenoxy) is 2. The van der Waals surface area contributed by atoms with Crippen molar-refractivity contribution in [3.05, 3.63) is 54.4 Å².